The van der Waals surface area contributed by atoms with E-state index in [1.54, 1.807) is 48.7 Å². The molecule has 1 aliphatic rings. The minimum absolute atomic E-state index is 0.0651. The van der Waals surface area contributed by atoms with E-state index < -0.39 is 27.3 Å². The highest BCUT2D eigenvalue weighted by molar-refractivity contribution is 7.88. The van der Waals surface area contributed by atoms with Gasteiger partial charge < -0.3 is 14.2 Å². The first-order chi connectivity index (χ1) is 17.8. The number of carbonyl (C=O) groups excluding carboxylic acids is 1. The molecule has 2 heterocycles. The van der Waals surface area contributed by atoms with Crippen LogP contribution in [-0.2, 0) is 27.4 Å². The Bertz CT molecular complexity index is 1470. The second kappa shape index (κ2) is 10.4. The van der Waals surface area contributed by atoms with Crippen LogP contribution in [0.5, 0.6) is 0 Å². The summed E-state index contributed by atoms with van der Waals surface area (Å²) in [6.45, 7) is 6.01. The first-order valence-corrected chi connectivity index (χ1v) is 14.5. The van der Waals surface area contributed by atoms with Crippen LogP contribution in [0.4, 0.5) is 4.79 Å². The topological polar surface area (TPSA) is 97.7 Å². The van der Waals surface area contributed by atoms with Gasteiger partial charge in [0.1, 0.15) is 5.60 Å². The van der Waals surface area contributed by atoms with Crippen LogP contribution in [0, 0.1) is 0 Å². The minimum Gasteiger partial charge on any atom is -0.438 e. The zero-order chi connectivity index (χ0) is 27.7. The summed E-state index contributed by atoms with van der Waals surface area (Å²) in [6, 6.07) is 20.6. The molecule has 1 aliphatic heterocycles. The predicted molar refractivity (Wildman–Crippen MR) is 148 cm³/mol. The van der Waals surface area contributed by atoms with Gasteiger partial charge in [0.05, 0.1) is 12.3 Å². The van der Waals surface area contributed by atoms with Crippen LogP contribution >= 0.6 is 0 Å². The normalized spacial score (nSPS) is 19.2. The molecular formula is C29H35N3O5S. The Morgan fingerprint density at radius 1 is 1.00 bits per heavy atom. The Morgan fingerprint density at radius 2 is 1.63 bits per heavy atom. The number of pyridine rings is 1. The molecule has 1 amide bonds. The van der Waals surface area contributed by atoms with Gasteiger partial charge in [0, 0.05) is 44.2 Å². The lowest BCUT2D eigenvalue weighted by atomic mass is 9.79. The molecule has 2 atom stereocenters. The SMILES string of the molecule is CC(c1ccc(-c2ccc(=O)n(C)c2)cc1)N1CCC(CC(C)(C)NS(C)(=O)=O)(c2ccccc2)OC1=O. The Kier molecular flexibility index (Phi) is 7.54. The fourth-order valence-corrected chi connectivity index (χ4v) is 6.42. The van der Waals surface area contributed by atoms with Crippen molar-refractivity contribution in [2.24, 2.45) is 7.05 Å². The molecule has 8 nitrogen and oxygen atoms in total. The quantitative estimate of drug-likeness (QED) is 0.454. The minimum atomic E-state index is -3.46. The number of sulfonamides is 1. The first kappa shape index (κ1) is 27.6. The molecular weight excluding hydrogens is 502 g/mol. The van der Waals surface area contributed by atoms with Gasteiger partial charge in [-0.05, 0) is 49.1 Å². The average molecular weight is 538 g/mol. The van der Waals surface area contributed by atoms with Gasteiger partial charge in [-0.15, -0.1) is 0 Å². The zero-order valence-corrected chi connectivity index (χ0v) is 23.3. The van der Waals surface area contributed by atoms with Crippen LogP contribution in [-0.4, -0.2) is 42.3 Å². The molecule has 38 heavy (non-hydrogen) atoms. The van der Waals surface area contributed by atoms with E-state index >= 15 is 0 Å². The second-order valence-electron chi connectivity index (χ2n) is 10.8. The van der Waals surface area contributed by atoms with Crippen LogP contribution in [0.2, 0.25) is 0 Å². The summed E-state index contributed by atoms with van der Waals surface area (Å²) in [5, 5.41) is 0. The molecule has 1 aromatic heterocycles. The molecule has 9 heteroatoms. The molecule has 0 bridgehead atoms. The number of benzene rings is 2. The first-order valence-electron chi connectivity index (χ1n) is 12.6. The number of amides is 1. The van der Waals surface area contributed by atoms with Gasteiger partial charge in [0.2, 0.25) is 15.6 Å². The van der Waals surface area contributed by atoms with E-state index in [4.69, 9.17) is 4.74 Å². The maximum Gasteiger partial charge on any atom is 0.411 e. The van der Waals surface area contributed by atoms with Gasteiger partial charge in [-0.2, -0.15) is 0 Å². The number of carbonyl (C=O) groups is 1. The highest BCUT2D eigenvalue weighted by atomic mass is 32.2. The third-order valence-electron chi connectivity index (χ3n) is 7.04. The number of aromatic nitrogens is 1. The molecule has 1 saturated heterocycles. The van der Waals surface area contributed by atoms with Gasteiger partial charge in [-0.1, -0.05) is 54.6 Å². The summed E-state index contributed by atoms with van der Waals surface area (Å²) in [6.07, 6.45) is 3.29. The van der Waals surface area contributed by atoms with Crippen molar-refractivity contribution < 1.29 is 17.9 Å². The molecule has 2 unspecified atom stereocenters. The summed E-state index contributed by atoms with van der Waals surface area (Å²) in [4.78, 5) is 26.9. The number of nitrogens with zero attached hydrogens (tertiary/aromatic N) is 2. The predicted octanol–water partition coefficient (Wildman–Crippen LogP) is 4.57. The van der Waals surface area contributed by atoms with Crippen molar-refractivity contribution in [1.29, 1.82) is 0 Å². The number of hydrogen-bond acceptors (Lipinski definition) is 5. The summed E-state index contributed by atoms with van der Waals surface area (Å²) >= 11 is 0. The van der Waals surface area contributed by atoms with Crippen molar-refractivity contribution >= 4 is 16.1 Å². The van der Waals surface area contributed by atoms with E-state index in [1.165, 1.54) is 0 Å². The summed E-state index contributed by atoms with van der Waals surface area (Å²) in [7, 11) is -1.74. The Labute approximate surface area is 224 Å². The van der Waals surface area contributed by atoms with Gasteiger partial charge in [0.15, 0.2) is 0 Å². The van der Waals surface area contributed by atoms with Gasteiger partial charge in [-0.3, -0.25) is 4.79 Å². The third kappa shape index (κ3) is 6.16. The maximum absolute atomic E-state index is 13.5. The highest BCUT2D eigenvalue weighted by Gasteiger charge is 2.47. The van der Waals surface area contributed by atoms with Crippen molar-refractivity contribution in [3.05, 3.63) is 94.4 Å². The van der Waals surface area contributed by atoms with Crippen LogP contribution < -0.4 is 10.3 Å². The second-order valence-corrected chi connectivity index (χ2v) is 12.5. The van der Waals surface area contributed by atoms with Gasteiger partial charge in [-0.25, -0.2) is 17.9 Å². The number of nitrogens with one attached hydrogen (secondary N) is 1. The standard InChI is InChI=1S/C29H35N3O5S/c1-21(22-11-13-23(14-12-22)24-15-16-26(33)31(4)19-24)32-18-17-29(37-27(32)34,25-9-7-6-8-10-25)20-28(2,3)30-38(5,35)36/h6-16,19,21,30H,17-18,20H2,1-5H3. The zero-order valence-electron chi connectivity index (χ0n) is 22.5. The van der Waals surface area contributed by atoms with E-state index in [0.717, 1.165) is 28.5 Å². The molecule has 3 aromatic rings. The Balaban J connectivity index is 1.56. The number of aryl methyl sites for hydroxylation is 1. The number of hydrogen-bond donors (Lipinski definition) is 1. The number of cyclic esters (lactones) is 1. The monoisotopic (exact) mass is 537 g/mol. The highest BCUT2D eigenvalue weighted by Crippen LogP contribution is 2.42. The van der Waals surface area contributed by atoms with Crippen LogP contribution in [0.15, 0.2) is 77.7 Å². The fourth-order valence-electron chi connectivity index (χ4n) is 5.34. The van der Waals surface area contributed by atoms with Crippen LogP contribution in [0.1, 0.15) is 50.8 Å². The van der Waals surface area contributed by atoms with Gasteiger partial charge >= 0.3 is 6.09 Å². The van der Waals surface area contributed by atoms with Crippen molar-refractivity contribution in [2.45, 2.75) is 50.8 Å². The van der Waals surface area contributed by atoms with Crippen molar-refractivity contribution in [2.75, 3.05) is 12.8 Å². The molecule has 0 spiro atoms. The smallest absolute Gasteiger partial charge is 0.411 e. The molecule has 0 radical (unpaired) electrons. The van der Waals surface area contributed by atoms with Crippen LogP contribution in [0.25, 0.3) is 11.1 Å². The molecule has 2 aromatic carbocycles. The van der Waals surface area contributed by atoms with Crippen LogP contribution in [0.3, 0.4) is 0 Å². The lowest BCUT2D eigenvalue weighted by Crippen LogP contribution is -2.54. The molecule has 0 saturated carbocycles. The summed E-state index contributed by atoms with van der Waals surface area (Å²) in [5.74, 6) is 0. The lowest BCUT2D eigenvalue weighted by Gasteiger charge is -2.46. The summed E-state index contributed by atoms with van der Waals surface area (Å²) < 4.78 is 34.4. The lowest BCUT2D eigenvalue weighted by molar-refractivity contribution is -0.0749. The maximum atomic E-state index is 13.5. The summed E-state index contributed by atoms with van der Waals surface area (Å²) in [5.41, 5.74) is 1.83. The van der Waals surface area contributed by atoms with E-state index in [1.807, 2.05) is 61.5 Å². The number of rotatable bonds is 8. The van der Waals surface area contributed by atoms with E-state index in [9.17, 15) is 18.0 Å². The van der Waals surface area contributed by atoms with Gasteiger partial charge in [0.25, 0.3) is 0 Å². The largest absolute Gasteiger partial charge is 0.438 e. The molecule has 1 N–H and O–H groups in total. The molecule has 0 aliphatic carbocycles. The average Bonchev–Trinajstić information content (AvgIpc) is 2.84. The molecule has 202 valence electrons. The molecule has 1 fully saturated rings. The molecule has 4 rings (SSSR count). The van der Waals surface area contributed by atoms with Crippen molar-refractivity contribution in [3.8, 4) is 11.1 Å². The number of ether oxygens (including phenoxy) is 1. The van der Waals surface area contributed by atoms with Crippen molar-refractivity contribution in [3.63, 3.8) is 0 Å². The Morgan fingerprint density at radius 3 is 2.21 bits per heavy atom. The van der Waals surface area contributed by atoms with E-state index in [-0.39, 0.29) is 11.6 Å². The Hall–Kier alpha value is -3.43. The van der Waals surface area contributed by atoms with Crippen molar-refractivity contribution in [1.82, 2.24) is 14.2 Å². The fraction of sp³-hybridized carbons (Fsp3) is 0.379. The van der Waals surface area contributed by atoms with E-state index in [2.05, 4.69) is 4.72 Å². The third-order valence-corrected chi connectivity index (χ3v) is 7.97. The van der Waals surface area contributed by atoms with E-state index in [0.29, 0.717) is 19.4 Å².